The van der Waals surface area contributed by atoms with E-state index < -0.39 is 0 Å². The molecule has 0 atom stereocenters. The molecule has 2 heteroatoms. The lowest BCUT2D eigenvalue weighted by molar-refractivity contribution is 0.195. The predicted octanol–water partition coefficient (Wildman–Crippen LogP) is 3.11. The van der Waals surface area contributed by atoms with Crippen LogP contribution in [0, 0.1) is 19.3 Å². The van der Waals surface area contributed by atoms with Gasteiger partial charge in [-0.05, 0) is 56.0 Å². The molecule has 1 aromatic rings. The molecule has 18 heavy (non-hydrogen) atoms. The highest BCUT2D eigenvalue weighted by Gasteiger charge is 2.19. The minimum absolute atomic E-state index is 0.295. The number of rotatable bonds is 6. The maximum Gasteiger partial charge on any atom is 0.0231 e. The number of benzene rings is 1. The van der Waals surface area contributed by atoms with Gasteiger partial charge in [-0.2, -0.15) is 0 Å². The standard InChI is InChI=1S/C16H28N2/c1-13-6-7-15(10-14(13)2)11-18(5)12-16(3,4)8-9-17/h6-7,10H,8-9,11-12,17H2,1-5H3. The molecule has 0 saturated carbocycles. The second-order valence-corrected chi connectivity index (χ2v) is 6.29. The van der Waals surface area contributed by atoms with Gasteiger partial charge in [-0.3, -0.25) is 0 Å². The van der Waals surface area contributed by atoms with Crippen LogP contribution in [0.5, 0.6) is 0 Å². The second kappa shape index (κ2) is 6.35. The van der Waals surface area contributed by atoms with Crippen LogP contribution < -0.4 is 5.73 Å². The Hall–Kier alpha value is -0.860. The van der Waals surface area contributed by atoms with Crippen molar-refractivity contribution < 1.29 is 0 Å². The van der Waals surface area contributed by atoms with E-state index in [1.54, 1.807) is 0 Å². The Labute approximate surface area is 112 Å². The second-order valence-electron chi connectivity index (χ2n) is 6.29. The van der Waals surface area contributed by atoms with Crippen LogP contribution in [-0.4, -0.2) is 25.0 Å². The molecule has 2 N–H and O–H groups in total. The Morgan fingerprint density at radius 2 is 1.83 bits per heavy atom. The molecule has 0 unspecified atom stereocenters. The molecule has 0 radical (unpaired) electrons. The van der Waals surface area contributed by atoms with Crippen LogP contribution in [0.25, 0.3) is 0 Å². The third-order valence-electron chi connectivity index (χ3n) is 3.54. The summed E-state index contributed by atoms with van der Waals surface area (Å²) in [6.07, 6.45) is 1.07. The summed E-state index contributed by atoms with van der Waals surface area (Å²) in [5.41, 5.74) is 10.1. The van der Waals surface area contributed by atoms with Crippen LogP contribution in [0.15, 0.2) is 18.2 Å². The van der Waals surface area contributed by atoms with Crippen molar-refractivity contribution in [3.05, 3.63) is 34.9 Å². The van der Waals surface area contributed by atoms with E-state index >= 15 is 0 Å². The number of aryl methyl sites for hydroxylation is 2. The molecular formula is C16H28N2. The zero-order chi connectivity index (χ0) is 13.8. The van der Waals surface area contributed by atoms with E-state index in [-0.39, 0.29) is 0 Å². The van der Waals surface area contributed by atoms with Crippen molar-refractivity contribution in [1.29, 1.82) is 0 Å². The SMILES string of the molecule is Cc1ccc(CN(C)CC(C)(C)CCN)cc1C. The van der Waals surface area contributed by atoms with Gasteiger partial charge in [0.25, 0.3) is 0 Å². The molecular weight excluding hydrogens is 220 g/mol. The summed E-state index contributed by atoms with van der Waals surface area (Å²) in [7, 11) is 2.19. The molecule has 2 nitrogen and oxygen atoms in total. The predicted molar refractivity (Wildman–Crippen MR) is 79.7 cm³/mol. The van der Waals surface area contributed by atoms with E-state index in [1.165, 1.54) is 16.7 Å². The van der Waals surface area contributed by atoms with Crippen LogP contribution in [0.2, 0.25) is 0 Å². The highest BCUT2D eigenvalue weighted by Crippen LogP contribution is 2.21. The Bertz CT molecular complexity index is 383. The first-order valence-electron chi connectivity index (χ1n) is 6.79. The molecule has 0 heterocycles. The Kier molecular flexibility index (Phi) is 5.36. The van der Waals surface area contributed by atoms with Crippen molar-refractivity contribution in [2.45, 2.75) is 40.7 Å². The molecule has 0 spiro atoms. The molecule has 0 aliphatic carbocycles. The molecule has 0 bridgehead atoms. The van der Waals surface area contributed by atoms with Gasteiger partial charge in [0.15, 0.2) is 0 Å². The normalized spacial score (nSPS) is 12.2. The van der Waals surface area contributed by atoms with Crippen LogP contribution in [-0.2, 0) is 6.54 Å². The number of hydrogen-bond donors (Lipinski definition) is 1. The van der Waals surface area contributed by atoms with Crippen molar-refractivity contribution in [2.24, 2.45) is 11.1 Å². The van der Waals surface area contributed by atoms with Crippen LogP contribution >= 0.6 is 0 Å². The summed E-state index contributed by atoms with van der Waals surface area (Å²) in [5.74, 6) is 0. The van der Waals surface area contributed by atoms with E-state index in [9.17, 15) is 0 Å². The van der Waals surface area contributed by atoms with Crippen molar-refractivity contribution in [2.75, 3.05) is 20.1 Å². The third kappa shape index (κ3) is 4.79. The smallest absolute Gasteiger partial charge is 0.0231 e. The van der Waals surface area contributed by atoms with Gasteiger partial charge < -0.3 is 10.6 Å². The highest BCUT2D eigenvalue weighted by atomic mass is 15.1. The first kappa shape index (κ1) is 15.2. The fourth-order valence-electron chi connectivity index (χ4n) is 2.47. The summed E-state index contributed by atoms with van der Waals surface area (Å²) in [5, 5.41) is 0. The molecule has 0 saturated heterocycles. The fraction of sp³-hybridized carbons (Fsp3) is 0.625. The summed E-state index contributed by atoms with van der Waals surface area (Å²) in [6, 6.07) is 6.74. The van der Waals surface area contributed by atoms with Gasteiger partial charge in [-0.15, -0.1) is 0 Å². The summed E-state index contributed by atoms with van der Waals surface area (Å²) in [4.78, 5) is 2.39. The lowest BCUT2D eigenvalue weighted by Gasteiger charge is -2.30. The summed E-state index contributed by atoms with van der Waals surface area (Å²) >= 11 is 0. The van der Waals surface area contributed by atoms with Crippen molar-refractivity contribution >= 4 is 0 Å². The third-order valence-corrected chi connectivity index (χ3v) is 3.54. The number of nitrogens with zero attached hydrogens (tertiary/aromatic N) is 1. The number of nitrogens with two attached hydrogens (primary N) is 1. The Balaban J connectivity index is 2.59. The van der Waals surface area contributed by atoms with Gasteiger partial charge in [0.1, 0.15) is 0 Å². The highest BCUT2D eigenvalue weighted by molar-refractivity contribution is 5.29. The molecule has 1 aromatic carbocycles. The van der Waals surface area contributed by atoms with Gasteiger partial charge in [-0.1, -0.05) is 32.0 Å². The minimum Gasteiger partial charge on any atom is -0.330 e. The van der Waals surface area contributed by atoms with Crippen LogP contribution in [0.1, 0.15) is 37.0 Å². The van der Waals surface area contributed by atoms with Gasteiger partial charge >= 0.3 is 0 Å². The molecule has 0 amide bonds. The minimum atomic E-state index is 0.295. The average Bonchev–Trinajstić information content (AvgIpc) is 2.22. The zero-order valence-corrected chi connectivity index (χ0v) is 12.6. The molecule has 0 aliphatic heterocycles. The van der Waals surface area contributed by atoms with Gasteiger partial charge in [0.05, 0.1) is 0 Å². The van der Waals surface area contributed by atoms with Gasteiger partial charge in [0.2, 0.25) is 0 Å². The maximum atomic E-state index is 5.66. The zero-order valence-electron chi connectivity index (χ0n) is 12.6. The molecule has 1 rings (SSSR count). The lowest BCUT2D eigenvalue weighted by Crippen LogP contribution is -2.32. The van der Waals surface area contributed by atoms with E-state index in [4.69, 9.17) is 5.73 Å². The summed E-state index contributed by atoms with van der Waals surface area (Å²) in [6.45, 7) is 11.8. The van der Waals surface area contributed by atoms with E-state index in [1.807, 2.05) is 0 Å². The van der Waals surface area contributed by atoms with Crippen molar-refractivity contribution in [1.82, 2.24) is 4.90 Å². The topological polar surface area (TPSA) is 29.3 Å². The average molecular weight is 248 g/mol. The van der Waals surface area contributed by atoms with Gasteiger partial charge in [0, 0.05) is 13.1 Å². The maximum absolute atomic E-state index is 5.66. The van der Waals surface area contributed by atoms with E-state index in [0.29, 0.717) is 5.41 Å². The first-order valence-corrected chi connectivity index (χ1v) is 6.79. The van der Waals surface area contributed by atoms with Crippen molar-refractivity contribution in [3.8, 4) is 0 Å². The van der Waals surface area contributed by atoms with Crippen LogP contribution in [0.3, 0.4) is 0 Å². The molecule has 0 aliphatic rings. The summed E-state index contributed by atoms with van der Waals surface area (Å²) < 4.78 is 0. The van der Waals surface area contributed by atoms with Gasteiger partial charge in [-0.25, -0.2) is 0 Å². The Morgan fingerprint density at radius 1 is 1.17 bits per heavy atom. The Morgan fingerprint density at radius 3 is 2.39 bits per heavy atom. The lowest BCUT2D eigenvalue weighted by atomic mass is 9.89. The van der Waals surface area contributed by atoms with Crippen LogP contribution in [0.4, 0.5) is 0 Å². The quantitative estimate of drug-likeness (QED) is 0.838. The first-order chi connectivity index (χ1) is 8.34. The van der Waals surface area contributed by atoms with Crippen molar-refractivity contribution in [3.63, 3.8) is 0 Å². The number of hydrogen-bond acceptors (Lipinski definition) is 2. The van der Waals surface area contributed by atoms with E-state index in [0.717, 1.165) is 26.1 Å². The molecule has 0 aromatic heterocycles. The molecule has 102 valence electrons. The fourth-order valence-corrected chi connectivity index (χ4v) is 2.47. The van der Waals surface area contributed by atoms with E-state index in [2.05, 4.69) is 57.8 Å². The largest absolute Gasteiger partial charge is 0.330 e. The molecule has 0 fully saturated rings. The monoisotopic (exact) mass is 248 g/mol.